The first-order valence-corrected chi connectivity index (χ1v) is 7.57. The Morgan fingerprint density at radius 3 is 2.17 bits per heavy atom. The van der Waals surface area contributed by atoms with E-state index in [4.69, 9.17) is 0 Å². The van der Waals surface area contributed by atoms with E-state index in [9.17, 15) is 4.79 Å². The molecule has 1 amide bonds. The van der Waals surface area contributed by atoms with E-state index >= 15 is 0 Å². The molecule has 0 aliphatic carbocycles. The van der Waals surface area contributed by atoms with Crippen LogP contribution in [0.15, 0.2) is 27.1 Å². The Balaban J connectivity index is 2.29. The standard InChI is InChI=1S/C13H16Br2N2O/c1-8-6-16-7-9(2)17(8)13(18)10-3-11(14)5-12(15)4-10/h3-5,8-9,16H,6-7H2,1-2H3. The van der Waals surface area contributed by atoms with Gasteiger partial charge in [-0.1, -0.05) is 31.9 Å². The second-order valence-electron chi connectivity index (χ2n) is 4.73. The van der Waals surface area contributed by atoms with Crippen LogP contribution in [0.4, 0.5) is 0 Å². The second kappa shape index (κ2) is 5.72. The topological polar surface area (TPSA) is 32.3 Å². The average molecular weight is 376 g/mol. The largest absolute Gasteiger partial charge is 0.331 e. The molecule has 5 heteroatoms. The van der Waals surface area contributed by atoms with E-state index in [0.717, 1.165) is 27.6 Å². The Morgan fingerprint density at radius 1 is 1.17 bits per heavy atom. The molecule has 1 aromatic rings. The number of halogens is 2. The van der Waals surface area contributed by atoms with Crippen molar-refractivity contribution in [3.05, 3.63) is 32.7 Å². The van der Waals surface area contributed by atoms with Gasteiger partial charge in [-0.25, -0.2) is 0 Å². The van der Waals surface area contributed by atoms with Gasteiger partial charge in [-0.3, -0.25) is 4.79 Å². The highest BCUT2D eigenvalue weighted by Crippen LogP contribution is 2.23. The van der Waals surface area contributed by atoms with Crippen molar-refractivity contribution in [3.63, 3.8) is 0 Å². The van der Waals surface area contributed by atoms with E-state index in [0.29, 0.717) is 0 Å². The van der Waals surface area contributed by atoms with Gasteiger partial charge in [0.1, 0.15) is 0 Å². The van der Waals surface area contributed by atoms with Gasteiger partial charge in [-0.05, 0) is 32.0 Å². The molecular weight excluding hydrogens is 360 g/mol. The van der Waals surface area contributed by atoms with Gasteiger partial charge in [0.2, 0.25) is 0 Å². The number of hydrogen-bond donors (Lipinski definition) is 1. The van der Waals surface area contributed by atoms with Gasteiger partial charge in [0.15, 0.2) is 0 Å². The fourth-order valence-corrected chi connectivity index (χ4v) is 3.65. The molecule has 3 nitrogen and oxygen atoms in total. The second-order valence-corrected chi connectivity index (χ2v) is 6.56. The lowest BCUT2D eigenvalue weighted by atomic mass is 10.1. The Labute approximate surface area is 124 Å². The van der Waals surface area contributed by atoms with Crippen LogP contribution < -0.4 is 5.32 Å². The average Bonchev–Trinajstić information content (AvgIpc) is 2.27. The number of piperazine rings is 1. The zero-order chi connectivity index (χ0) is 13.3. The lowest BCUT2D eigenvalue weighted by molar-refractivity contribution is 0.0544. The fraction of sp³-hybridized carbons (Fsp3) is 0.462. The monoisotopic (exact) mass is 374 g/mol. The maximum atomic E-state index is 12.6. The summed E-state index contributed by atoms with van der Waals surface area (Å²) >= 11 is 6.84. The molecule has 18 heavy (non-hydrogen) atoms. The number of amides is 1. The number of benzene rings is 1. The zero-order valence-electron chi connectivity index (χ0n) is 10.4. The summed E-state index contributed by atoms with van der Waals surface area (Å²) in [4.78, 5) is 14.5. The predicted octanol–water partition coefficient (Wildman–Crippen LogP) is 3.03. The van der Waals surface area contributed by atoms with Crippen LogP contribution in [0.2, 0.25) is 0 Å². The molecule has 98 valence electrons. The fourth-order valence-electron chi connectivity index (χ4n) is 2.36. The minimum atomic E-state index is 0.0958. The molecule has 2 rings (SSSR count). The predicted molar refractivity (Wildman–Crippen MR) is 79.8 cm³/mol. The number of nitrogens with zero attached hydrogens (tertiary/aromatic N) is 1. The number of carbonyl (C=O) groups is 1. The summed E-state index contributed by atoms with van der Waals surface area (Å²) in [6, 6.07) is 6.11. The van der Waals surface area contributed by atoms with Crippen molar-refractivity contribution in [3.8, 4) is 0 Å². The van der Waals surface area contributed by atoms with E-state index in [2.05, 4.69) is 51.0 Å². The van der Waals surface area contributed by atoms with Crippen LogP contribution in [0.25, 0.3) is 0 Å². The first-order chi connectivity index (χ1) is 8.49. The molecule has 1 saturated heterocycles. The normalized spacial score (nSPS) is 24.1. The van der Waals surface area contributed by atoms with Gasteiger partial charge in [-0.15, -0.1) is 0 Å². The number of nitrogens with one attached hydrogen (secondary N) is 1. The maximum Gasteiger partial charge on any atom is 0.254 e. The molecule has 2 unspecified atom stereocenters. The van der Waals surface area contributed by atoms with Crippen molar-refractivity contribution in [1.82, 2.24) is 10.2 Å². The molecule has 0 bridgehead atoms. The zero-order valence-corrected chi connectivity index (χ0v) is 13.6. The molecule has 2 atom stereocenters. The van der Waals surface area contributed by atoms with Gasteiger partial charge in [0.25, 0.3) is 5.91 Å². The molecular formula is C13H16Br2N2O. The Morgan fingerprint density at radius 2 is 1.67 bits per heavy atom. The lowest BCUT2D eigenvalue weighted by Crippen LogP contribution is -2.57. The van der Waals surface area contributed by atoms with Crippen LogP contribution >= 0.6 is 31.9 Å². The minimum absolute atomic E-state index is 0.0958. The van der Waals surface area contributed by atoms with Crippen molar-refractivity contribution < 1.29 is 4.79 Å². The van der Waals surface area contributed by atoms with Gasteiger partial charge in [0.05, 0.1) is 0 Å². The SMILES string of the molecule is CC1CNCC(C)N1C(=O)c1cc(Br)cc(Br)c1. The molecule has 1 aliphatic rings. The molecule has 0 saturated carbocycles. The Hall–Kier alpha value is -0.390. The van der Waals surface area contributed by atoms with Gasteiger partial charge in [-0.2, -0.15) is 0 Å². The summed E-state index contributed by atoms with van der Waals surface area (Å²) in [5.74, 6) is 0.0958. The van der Waals surface area contributed by atoms with Crippen LogP contribution in [0.5, 0.6) is 0 Å². The van der Waals surface area contributed by atoms with Gasteiger partial charge < -0.3 is 10.2 Å². The molecule has 1 heterocycles. The molecule has 1 aliphatic heterocycles. The highest BCUT2D eigenvalue weighted by atomic mass is 79.9. The van der Waals surface area contributed by atoms with Gasteiger partial charge in [0, 0.05) is 39.7 Å². The van der Waals surface area contributed by atoms with Crippen molar-refractivity contribution in [2.75, 3.05) is 13.1 Å². The van der Waals surface area contributed by atoms with Crippen molar-refractivity contribution in [1.29, 1.82) is 0 Å². The summed E-state index contributed by atoms with van der Waals surface area (Å²) < 4.78 is 1.83. The van der Waals surface area contributed by atoms with Crippen LogP contribution in [0.3, 0.4) is 0 Å². The first kappa shape index (κ1) is 14.0. The number of carbonyl (C=O) groups excluding carboxylic acids is 1. The number of hydrogen-bond acceptors (Lipinski definition) is 2. The van der Waals surface area contributed by atoms with Crippen LogP contribution in [-0.4, -0.2) is 36.0 Å². The smallest absolute Gasteiger partial charge is 0.254 e. The quantitative estimate of drug-likeness (QED) is 0.818. The van der Waals surface area contributed by atoms with Crippen molar-refractivity contribution in [2.45, 2.75) is 25.9 Å². The highest BCUT2D eigenvalue weighted by molar-refractivity contribution is 9.11. The molecule has 1 fully saturated rings. The summed E-state index contributed by atoms with van der Waals surface area (Å²) in [5.41, 5.74) is 0.719. The third-order valence-electron chi connectivity index (χ3n) is 3.17. The van der Waals surface area contributed by atoms with Crippen molar-refractivity contribution >= 4 is 37.8 Å². The van der Waals surface area contributed by atoms with Crippen LogP contribution in [-0.2, 0) is 0 Å². The lowest BCUT2D eigenvalue weighted by Gasteiger charge is -2.39. The van der Waals surface area contributed by atoms with E-state index < -0.39 is 0 Å². The summed E-state index contributed by atoms with van der Waals surface area (Å²) in [7, 11) is 0. The molecule has 1 aromatic carbocycles. The van der Waals surface area contributed by atoms with E-state index in [1.807, 2.05) is 23.1 Å². The Bertz CT molecular complexity index is 434. The third kappa shape index (κ3) is 2.95. The molecule has 0 spiro atoms. The maximum absolute atomic E-state index is 12.6. The van der Waals surface area contributed by atoms with Gasteiger partial charge >= 0.3 is 0 Å². The molecule has 0 aromatic heterocycles. The van der Waals surface area contributed by atoms with E-state index in [1.54, 1.807) is 0 Å². The summed E-state index contributed by atoms with van der Waals surface area (Å²) in [6.07, 6.45) is 0. The van der Waals surface area contributed by atoms with Crippen LogP contribution in [0, 0.1) is 0 Å². The summed E-state index contributed by atoms with van der Waals surface area (Å²) in [5, 5.41) is 3.33. The highest BCUT2D eigenvalue weighted by Gasteiger charge is 2.29. The third-order valence-corrected chi connectivity index (χ3v) is 4.09. The van der Waals surface area contributed by atoms with Crippen molar-refractivity contribution in [2.24, 2.45) is 0 Å². The van der Waals surface area contributed by atoms with E-state index in [1.165, 1.54) is 0 Å². The molecule has 1 N–H and O–H groups in total. The van der Waals surface area contributed by atoms with Crippen LogP contribution in [0.1, 0.15) is 24.2 Å². The minimum Gasteiger partial charge on any atom is -0.331 e. The van der Waals surface area contributed by atoms with E-state index in [-0.39, 0.29) is 18.0 Å². The Kier molecular flexibility index (Phi) is 4.45. The molecule has 0 radical (unpaired) electrons. The first-order valence-electron chi connectivity index (χ1n) is 5.98. The number of rotatable bonds is 1. The summed E-state index contributed by atoms with van der Waals surface area (Å²) in [6.45, 7) is 5.86.